The van der Waals surface area contributed by atoms with Crippen LogP contribution in [0.15, 0.2) is 0 Å². The van der Waals surface area contributed by atoms with Gasteiger partial charge in [-0.2, -0.15) is 0 Å². The van der Waals surface area contributed by atoms with Gasteiger partial charge < -0.3 is 45.0 Å². The topological polar surface area (TPSA) is 184 Å². The van der Waals surface area contributed by atoms with E-state index >= 15 is 0 Å². The number of hydrogen-bond donors (Lipinski definition) is 2. The number of aliphatic hydroxyl groups excluding tert-OH is 2. The van der Waals surface area contributed by atoms with Gasteiger partial charge in [0.15, 0.2) is 0 Å². The van der Waals surface area contributed by atoms with Gasteiger partial charge in [-0.25, -0.2) is 0 Å². The zero-order valence-corrected chi connectivity index (χ0v) is 12.2. The summed E-state index contributed by atoms with van der Waals surface area (Å²) in [6.45, 7) is 0. The largest absolute Gasteiger partial charge is 2.00 e. The molecule has 0 amide bonds. The van der Waals surface area contributed by atoms with Crippen LogP contribution in [0.25, 0.3) is 0 Å². The smallest absolute Gasteiger partial charge is 0.652 e. The van der Waals surface area contributed by atoms with Crippen LogP contribution in [0.4, 0.5) is 4.79 Å². The Morgan fingerprint density at radius 1 is 0.750 bits per heavy atom. The third kappa shape index (κ3) is 17.1. The summed E-state index contributed by atoms with van der Waals surface area (Å²) in [5.74, 6) is -4.12. The van der Waals surface area contributed by atoms with Crippen molar-refractivity contribution in [2.45, 2.75) is 12.2 Å². The molecule has 0 aromatic rings. The molecule has 11 heteroatoms. The van der Waals surface area contributed by atoms with Gasteiger partial charge in [0.2, 0.25) is 0 Å². The maximum absolute atomic E-state index is 9.63. The first kappa shape index (κ1) is 25.5. The van der Waals surface area contributed by atoms with Gasteiger partial charge in [-0.05, 0) is 6.16 Å². The third-order valence-electron chi connectivity index (χ3n) is 0.782. The summed E-state index contributed by atoms with van der Waals surface area (Å²) in [5, 5.41) is 52.4. The molecule has 2 unspecified atom stereocenters. The Morgan fingerprint density at radius 2 is 0.875 bits per heavy atom. The van der Waals surface area contributed by atoms with E-state index in [2.05, 4.69) is 0 Å². The van der Waals surface area contributed by atoms with Crippen LogP contribution in [-0.4, -0.2) is 116 Å². The molecule has 0 spiro atoms. The maximum Gasteiger partial charge on any atom is 2.00 e. The van der Waals surface area contributed by atoms with Crippen LogP contribution >= 0.6 is 0 Å². The Morgan fingerprint density at radius 3 is 0.938 bits per heavy atom. The Hall–Kier alpha value is 0.649. The molecule has 0 aromatic carbocycles. The zero-order chi connectivity index (χ0) is 11.9. The van der Waals surface area contributed by atoms with Crippen molar-refractivity contribution in [2.24, 2.45) is 0 Å². The second-order valence-corrected chi connectivity index (χ2v) is 1.78. The number of carboxylic acids is 2. The summed E-state index contributed by atoms with van der Waals surface area (Å²) in [6.07, 6.45) is -7.21. The van der Waals surface area contributed by atoms with Crippen LogP contribution in [0.1, 0.15) is 0 Å². The average molecular weight is 288 g/mol. The van der Waals surface area contributed by atoms with Crippen molar-refractivity contribution in [3.63, 3.8) is 0 Å². The molecule has 0 aliphatic heterocycles. The molecule has 2 N–H and O–H groups in total. The first-order chi connectivity index (χ1) is 6.20. The number of aliphatic hydroxyl groups is 2. The Labute approximate surface area is 149 Å². The maximum atomic E-state index is 9.63. The van der Waals surface area contributed by atoms with Crippen molar-refractivity contribution in [3.8, 4) is 0 Å². The average Bonchev–Trinajstić information content (AvgIpc) is 2.00. The number of hydrogen-bond acceptors (Lipinski definition) is 9. The van der Waals surface area contributed by atoms with Crippen molar-refractivity contribution in [1.82, 2.24) is 0 Å². The second-order valence-electron chi connectivity index (χ2n) is 1.78. The molecular formula is C5H4Ca2O9. The van der Waals surface area contributed by atoms with Gasteiger partial charge in [-0.3, -0.25) is 0 Å². The molecule has 0 aromatic heterocycles. The van der Waals surface area contributed by atoms with Gasteiger partial charge >= 0.3 is 75.5 Å². The van der Waals surface area contributed by atoms with E-state index in [1.807, 2.05) is 0 Å². The number of carbonyl (C=O) groups is 3. The first-order valence-corrected chi connectivity index (χ1v) is 2.86. The van der Waals surface area contributed by atoms with Gasteiger partial charge in [0.1, 0.15) is 12.2 Å². The van der Waals surface area contributed by atoms with Gasteiger partial charge in [0.25, 0.3) is 0 Å². The fourth-order valence-electron chi connectivity index (χ4n) is 0.258. The van der Waals surface area contributed by atoms with Crippen LogP contribution in [-0.2, 0) is 9.59 Å². The van der Waals surface area contributed by atoms with Crippen molar-refractivity contribution in [1.29, 1.82) is 0 Å². The van der Waals surface area contributed by atoms with E-state index in [4.69, 9.17) is 25.2 Å². The Bertz CT molecular complexity index is 208. The quantitative estimate of drug-likeness (QED) is 0.476. The number of aliphatic carboxylic acids is 2. The molecule has 82 valence electrons. The van der Waals surface area contributed by atoms with Gasteiger partial charge in [0.05, 0.1) is 11.9 Å². The van der Waals surface area contributed by atoms with Crippen molar-refractivity contribution < 1.29 is 45.0 Å². The normalized spacial score (nSPS) is 11.4. The molecule has 0 aliphatic rings. The zero-order valence-electron chi connectivity index (χ0n) is 7.82. The number of carbonyl (C=O) groups excluding carboxylic acids is 3. The molecule has 0 bridgehead atoms. The number of rotatable bonds is 3. The minimum atomic E-state index is -2.44. The Balaban J connectivity index is -0.000000105. The minimum absolute atomic E-state index is 0. The molecule has 0 rings (SSSR count). The van der Waals surface area contributed by atoms with Crippen LogP contribution in [0, 0.1) is 0 Å². The van der Waals surface area contributed by atoms with Crippen LogP contribution in [0.5, 0.6) is 0 Å². The Kier molecular flexibility index (Phi) is 21.8. The predicted molar refractivity (Wildman–Crippen MR) is 38.9 cm³/mol. The van der Waals surface area contributed by atoms with E-state index < -0.39 is 30.3 Å². The molecule has 0 heterocycles. The van der Waals surface area contributed by atoms with Gasteiger partial charge in [-0.15, -0.1) is 0 Å². The van der Waals surface area contributed by atoms with E-state index in [0.717, 1.165) is 0 Å². The van der Waals surface area contributed by atoms with E-state index in [-0.39, 0.29) is 75.5 Å². The molecule has 0 radical (unpaired) electrons. The summed E-state index contributed by atoms with van der Waals surface area (Å²) in [5.41, 5.74) is 0. The molecular weight excluding hydrogens is 284 g/mol. The van der Waals surface area contributed by atoms with Gasteiger partial charge in [-0.1, -0.05) is 0 Å². The predicted octanol–water partition coefficient (Wildman–Crippen LogP) is -8.00. The SMILES string of the molecule is O=C([O-])C(O)C(O)C(=O)[O-].O=C([O-])[O-].[Ca+2].[Ca+2]. The summed E-state index contributed by atoms with van der Waals surface area (Å²) in [4.78, 5) is 27.6. The fraction of sp³-hybridized carbons (Fsp3) is 0.400. The van der Waals surface area contributed by atoms with E-state index in [1.54, 1.807) is 0 Å². The molecule has 0 fully saturated rings. The number of carboxylic acid groups (broad SMARTS) is 4. The van der Waals surface area contributed by atoms with Crippen LogP contribution < -0.4 is 20.4 Å². The molecule has 16 heavy (non-hydrogen) atoms. The summed E-state index contributed by atoms with van der Waals surface area (Å²) in [7, 11) is 0. The minimum Gasteiger partial charge on any atom is -0.652 e. The molecule has 2 atom stereocenters. The standard InChI is InChI=1S/C4H6O6.CH2O3.2Ca/c5-1(3(7)8)2(6)4(9)10;2-1(3)4;;/h1-2,5-6H,(H,7,8)(H,9,10);(H2,2,3,4);;/q;;2*+2/p-4. The van der Waals surface area contributed by atoms with E-state index in [0.29, 0.717) is 0 Å². The van der Waals surface area contributed by atoms with Crippen molar-refractivity contribution in [2.75, 3.05) is 0 Å². The van der Waals surface area contributed by atoms with E-state index in [9.17, 15) is 19.8 Å². The monoisotopic (exact) mass is 288 g/mol. The fourth-order valence-corrected chi connectivity index (χ4v) is 0.258. The van der Waals surface area contributed by atoms with Gasteiger partial charge in [0, 0.05) is 0 Å². The first-order valence-electron chi connectivity index (χ1n) is 2.86. The van der Waals surface area contributed by atoms with Crippen LogP contribution in [0.2, 0.25) is 0 Å². The third-order valence-corrected chi connectivity index (χ3v) is 0.782. The van der Waals surface area contributed by atoms with Crippen molar-refractivity contribution in [3.05, 3.63) is 0 Å². The van der Waals surface area contributed by atoms with Crippen LogP contribution in [0.3, 0.4) is 0 Å². The summed E-state index contributed by atoms with van der Waals surface area (Å²) >= 11 is 0. The summed E-state index contributed by atoms with van der Waals surface area (Å²) in [6, 6.07) is 0. The molecule has 0 aliphatic carbocycles. The summed E-state index contributed by atoms with van der Waals surface area (Å²) < 4.78 is 0. The second kappa shape index (κ2) is 13.7. The molecule has 9 nitrogen and oxygen atoms in total. The van der Waals surface area contributed by atoms with E-state index in [1.165, 1.54) is 0 Å². The molecule has 0 saturated carbocycles. The van der Waals surface area contributed by atoms with Crippen molar-refractivity contribution >= 4 is 93.6 Å². The molecule has 0 saturated heterocycles.